The van der Waals surface area contributed by atoms with E-state index in [0.29, 0.717) is 5.56 Å². The lowest BCUT2D eigenvalue weighted by Gasteiger charge is -2.07. The van der Waals surface area contributed by atoms with Crippen LogP contribution in [0.4, 0.5) is 5.69 Å². The summed E-state index contributed by atoms with van der Waals surface area (Å²) in [5.41, 5.74) is 1.74. The van der Waals surface area contributed by atoms with Crippen LogP contribution in [-0.4, -0.2) is 10.0 Å². The minimum Gasteiger partial charge on any atom is -0.392 e. The molecule has 0 unspecified atom stereocenters. The first kappa shape index (κ1) is 13.6. The predicted molar refractivity (Wildman–Crippen MR) is 74.3 cm³/mol. The Hall–Kier alpha value is -1.85. The quantitative estimate of drug-likeness (QED) is 0.684. The maximum Gasteiger partial charge on any atom is 0.269 e. The van der Waals surface area contributed by atoms with Gasteiger partial charge in [0.25, 0.3) is 5.69 Å². The van der Waals surface area contributed by atoms with Crippen LogP contribution >= 0.6 is 11.8 Å². The summed E-state index contributed by atoms with van der Waals surface area (Å²) < 4.78 is 0. The molecule has 0 amide bonds. The van der Waals surface area contributed by atoms with E-state index in [4.69, 9.17) is 0 Å². The zero-order chi connectivity index (χ0) is 13.8. The molecule has 2 aromatic carbocycles. The molecular formula is C14H13NO3S. The second kappa shape index (κ2) is 5.86. The van der Waals surface area contributed by atoms with Gasteiger partial charge < -0.3 is 5.11 Å². The van der Waals surface area contributed by atoms with Crippen LogP contribution in [0.2, 0.25) is 0 Å². The van der Waals surface area contributed by atoms with Gasteiger partial charge in [-0.25, -0.2) is 0 Å². The van der Waals surface area contributed by atoms with Crippen LogP contribution < -0.4 is 0 Å². The van der Waals surface area contributed by atoms with E-state index in [2.05, 4.69) is 0 Å². The van der Waals surface area contributed by atoms with Crippen molar-refractivity contribution in [2.45, 2.75) is 23.3 Å². The molecule has 0 fully saturated rings. The van der Waals surface area contributed by atoms with Crippen LogP contribution in [0.5, 0.6) is 0 Å². The van der Waals surface area contributed by atoms with Crippen LogP contribution in [0.3, 0.4) is 0 Å². The molecule has 19 heavy (non-hydrogen) atoms. The Balaban J connectivity index is 2.29. The molecule has 98 valence electrons. The van der Waals surface area contributed by atoms with E-state index >= 15 is 0 Å². The van der Waals surface area contributed by atoms with E-state index in [1.807, 2.05) is 31.2 Å². The minimum absolute atomic E-state index is 0.00249. The third-order valence-electron chi connectivity index (χ3n) is 2.67. The molecule has 0 aromatic heterocycles. The fraction of sp³-hybridized carbons (Fsp3) is 0.143. The fourth-order valence-corrected chi connectivity index (χ4v) is 2.55. The number of non-ortho nitro benzene ring substituents is 1. The summed E-state index contributed by atoms with van der Waals surface area (Å²) in [5.74, 6) is 0. The van der Waals surface area contributed by atoms with E-state index in [9.17, 15) is 15.2 Å². The Morgan fingerprint density at radius 3 is 2.47 bits per heavy atom. The Bertz CT molecular complexity index is 596. The van der Waals surface area contributed by atoms with Crippen molar-refractivity contribution in [1.29, 1.82) is 0 Å². The van der Waals surface area contributed by atoms with Crippen molar-refractivity contribution in [3.8, 4) is 0 Å². The van der Waals surface area contributed by atoms with Gasteiger partial charge in [-0.1, -0.05) is 29.5 Å². The van der Waals surface area contributed by atoms with Gasteiger partial charge in [-0.05, 0) is 30.7 Å². The van der Waals surface area contributed by atoms with Crippen molar-refractivity contribution in [3.63, 3.8) is 0 Å². The lowest BCUT2D eigenvalue weighted by Crippen LogP contribution is -1.93. The number of rotatable bonds is 4. The summed E-state index contributed by atoms with van der Waals surface area (Å²) in [5, 5.41) is 20.0. The SMILES string of the molecule is Cc1ccc(Sc2ccc([N+](=O)[O-])cc2CO)cc1. The van der Waals surface area contributed by atoms with E-state index in [1.54, 1.807) is 6.07 Å². The molecule has 0 atom stereocenters. The Morgan fingerprint density at radius 1 is 1.21 bits per heavy atom. The Kier molecular flexibility index (Phi) is 4.19. The largest absolute Gasteiger partial charge is 0.392 e. The van der Waals surface area contributed by atoms with Crippen molar-refractivity contribution >= 4 is 17.4 Å². The number of nitro benzene ring substituents is 1. The molecule has 2 rings (SSSR count). The fourth-order valence-electron chi connectivity index (χ4n) is 1.64. The third kappa shape index (κ3) is 3.33. The molecule has 2 aromatic rings. The first-order valence-corrected chi connectivity index (χ1v) is 6.54. The van der Waals surface area contributed by atoms with Gasteiger partial charge in [-0.3, -0.25) is 10.1 Å². The van der Waals surface area contributed by atoms with Gasteiger partial charge in [0.05, 0.1) is 11.5 Å². The van der Waals surface area contributed by atoms with Crippen molar-refractivity contribution in [1.82, 2.24) is 0 Å². The standard InChI is InChI=1S/C14H13NO3S/c1-10-2-5-13(6-3-10)19-14-7-4-12(15(17)18)8-11(14)9-16/h2-8,16H,9H2,1H3. The number of aliphatic hydroxyl groups is 1. The topological polar surface area (TPSA) is 63.4 Å². The molecule has 0 saturated heterocycles. The average molecular weight is 275 g/mol. The molecule has 0 aliphatic carbocycles. The van der Waals surface area contributed by atoms with Crippen LogP contribution in [0.15, 0.2) is 52.3 Å². The summed E-state index contributed by atoms with van der Waals surface area (Å²) in [6.07, 6.45) is 0. The normalized spacial score (nSPS) is 10.4. The molecule has 4 nitrogen and oxygen atoms in total. The summed E-state index contributed by atoms with van der Waals surface area (Å²) in [4.78, 5) is 12.1. The number of aryl methyl sites for hydroxylation is 1. The Morgan fingerprint density at radius 2 is 1.89 bits per heavy atom. The van der Waals surface area contributed by atoms with Gasteiger partial charge in [0.1, 0.15) is 0 Å². The van der Waals surface area contributed by atoms with Crippen molar-refractivity contribution < 1.29 is 10.0 Å². The number of aliphatic hydroxyl groups excluding tert-OH is 1. The van der Waals surface area contributed by atoms with Crippen LogP contribution in [0, 0.1) is 17.0 Å². The van der Waals surface area contributed by atoms with Gasteiger partial charge in [0, 0.05) is 21.9 Å². The lowest BCUT2D eigenvalue weighted by molar-refractivity contribution is -0.385. The zero-order valence-corrected chi connectivity index (χ0v) is 11.2. The number of benzene rings is 2. The van der Waals surface area contributed by atoms with E-state index in [-0.39, 0.29) is 12.3 Å². The third-order valence-corrected chi connectivity index (χ3v) is 3.80. The summed E-state index contributed by atoms with van der Waals surface area (Å²) in [6.45, 7) is 1.80. The second-order valence-electron chi connectivity index (χ2n) is 4.12. The highest BCUT2D eigenvalue weighted by molar-refractivity contribution is 7.99. The highest BCUT2D eigenvalue weighted by Crippen LogP contribution is 2.32. The molecule has 0 bridgehead atoms. The van der Waals surface area contributed by atoms with Gasteiger partial charge in [-0.15, -0.1) is 0 Å². The maximum absolute atomic E-state index is 10.7. The smallest absolute Gasteiger partial charge is 0.269 e. The Labute approximate surface area is 115 Å². The maximum atomic E-state index is 10.7. The molecule has 0 aliphatic rings. The number of hydrogen-bond acceptors (Lipinski definition) is 4. The number of hydrogen-bond donors (Lipinski definition) is 1. The van der Waals surface area contributed by atoms with E-state index in [0.717, 1.165) is 9.79 Å². The van der Waals surface area contributed by atoms with Crippen molar-refractivity contribution in [3.05, 3.63) is 63.7 Å². The van der Waals surface area contributed by atoms with E-state index in [1.165, 1.54) is 29.5 Å². The summed E-state index contributed by atoms with van der Waals surface area (Å²) in [7, 11) is 0. The number of nitrogens with zero attached hydrogens (tertiary/aromatic N) is 1. The molecular weight excluding hydrogens is 262 g/mol. The van der Waals surface area contributed by atoms with Gasteiger partial charge in [0.2, 0.25) is 0 Å². The molecule has 0 spiro atoms. The molecule has 5 heteroatoms. The molecule has 0 saturated carbocycles. The minimum atomic E-state index is -0.459. The predicted octanol–water partition coefficient (Wildman–Crippen LogP) is 3.55. The summed E-state index contributed by atoms with van der Waals surface area (Å²) >= 11 is 1.49. The zero-order valence-electron chi connectivity index (χ0n) is 10.4. The van der Waals surface area contributed by atoms with Gasteiger partial charge in [0.15, 0.2) is 0 Å². The van der Waals surface area contributed by atoms with Crippen molar-refractivity contribution in [2.75, 3.05) is 0 Å². The second-order valence-corrected chi connectivity index (χ2v) is 5.24. The van der Waals surface area contributed by atoms with Crippen LogP contribution in [-0.2, 0) is 6.61 Å². The molecule has 0 heterocycles. The highest BCUT2D eigenvalue weighted by Gasteiger charge is 2.11. The highest BCUT2D eigenvalue weighted by atomic mass is 32.2. The average Bonchev–Trinajstić information content (AvgIpc) is 2.41. The van der Waals surface area contributed by atoms with Gasteiger partial charge in [-0.2, -0.15) is 0 Å². The van der Waals surface area contributed by atoms with Crippen molar-refractivity contribution in [2.24, 2.45) is 0 Å². The molecule has 0 radical (unpaired) electrons. The van der Waals surface area contributed by atoms with Gasteiger partial charge >= 0.3 is 0 Å². The first-order chi connectivity index (χ1) is 9.10. The molecule has 1 N–H and O–H groups in total. The lowest BCUT2D eigenvalue weighted by atomic mass is 10.2. The summed E-state index contributed by atoms with van der Waals surface area (Å²) in [6, 6.07) is 12.5. The van der Waals surface area contributed by atoms with Crippen LogP contribution in [0.25, 0.3) is 0 Å². The van der Waals surface area contributed by atoms with E-state index < -0.39 is 4.92 Å². The first-order valence-electron chi connectivity index (χ1n) is 5.73. The monoisotopic (exact) mass is 275 g/mol. The number of nitro groups is 1. The molecule has 0 aliphatic heterocycles. The van der Waals surface area contributed by atoms with Crippen LogP contribution in [0.1, 0.15) is 11.1 Å².